The zero-order chi connectivity index (χ0) is 21.2. The van der Waals surface area contributed by atoms with E-state index < -0.39 is 21.7 Å². The van der Waals surface area contributed by atoms with Crippen LogP contribution in [0.2, 0.25) is 0 Å². The summed E-state index contributed by atoms with van der Waals surface area (Å²) in [6.07, 6.45) is 2.74. The van der Waals surface area contributed by atoms with E-state index in [2.05, 4.69) is 27.9 Å². The Morgan fingerprint density at radius 1 is 1.07 bits per heavy atom. The number of hydrogen-bond acceptors (Lipinski definition) is 4. The van der Waals surface area contributed by atoms with Crippen molar-refractivity contribution in [2.24, 2.45) is 0 Å². The Labute approximate surface area is 183 Å². The average molecular weight is 524 g/mol. The van der Waals surface area contributed by atoms with Crippen LogP contribution in [0.15, 0.2) is 29.2 Å². The van der Waals surface area contributed by atoms with Gasteiger partial charge in [0.1, 0.15) is 5.60 Å². The van der Waals surface area contributed by atoms with Crippen LogP contribution in [0.1, 0.15) is 52.0 Å². The van der Waals surface area contributed by atoms with Crippen molar-refractivity contribution in [3.63, 3.8) is 0 Å². The van der Waals surface area contributed by atoms with Gasteiger partial charge in [-0.05, 0) is 69.9 Å². The van der Waals surface area contributed by atoms with Gasteiger partial charge in [0.25, 0.3) is 0 Å². The van der Waals surface area contributed by atoms with Gasteiger partial charge in [0.2, 0.25) is 10.0 Å². The van der Waals surface area contributed by atoms with E-state index in [1.807, 2.05) is 39.8 Å². The lowest BCUT2D eigenvalue weighted by atomic mass is 10.2. The molecule has 0 bridgehead atoms. The maximum atomic E-state index is 13.0. The van der Waals surface area contributed by atoms with Crippen LogP contribution in [0.25, 0.3) is 0 Å². The van der Waals surface area contributed by atoms with E-state index in [0.717, 1.165) is 22.8 Å². The third-order valence-electron chi connectivity index (χ3n) is 3.95. The van der Waals surface area contributed by atoms with E-state index in [0.29, 0.717) is 37.4 Å². The largest absolute Gasteiger partial charge is 0.444 e. The average Bonchev–Trinajstić information content (AvgIpc) is 2.58. The number of unbranched alkanes of at least 4 members (excludes halogenated alkanes) is 2. The number of aryl methyl sites for hydroxylation is 1. The molecule has 1 amide bonds. The van der Waals surface area contributed by atoms with Gasteiger partial charge in [0, 0.05) is 19.6 Å². The lowest BCUT2D eigenvalue weighted by Crippen LogP contribution is -2.35. The summed E-state index contributed by atoms with van der Waals surface area (Å²) in [6.45, 7) is 8.79. The summed E-state index contributed by atoms with van der Waals surface area (Å²) in [5, 5.41) is 2.71. The molecule has 1 N–H and O–H groups in total. The molecule has 28 heavy (non-hydrogen) atoms. The van der Waals surface area contributed by atoms with Gasteiger partial charge in [0.05, 0.1) is 4.90 Å². The number of ether oxygens (including phenoxy) is 1. The van der Waals surface area contributed by atoms with Gasteiger partial charge in [-0.25, -0.2) is 13.2 Å². The van der Waals surface area contributed by atoms with Crippen molar-refractivity contribution < 1.29 is 17.9 Å². The summed E-state index contributed by atoms with van der Waals surface area (Å²) in [4.78, 5) is 12.0. The molecular weight excluding hydrogens is 491 g/mol. The van der Waals surface area contributed by atoms with Gasteiger partial charge in [0.15, 0.2) is 0 Å². The van der Waals surface area contributed by atoms with E-state index in [4.69, 9.17) is 4.74 Å². The van der Waals surface area contributed by atoms with Gasteiger partial charge in [-0.2, -0.15) is 4.31 Å². The summed E-state index contributed by atoms with van der Waals surface area (Å²) >= 11 is 2.31. The SMILES string of the molecule is Cc1ccc(S(=O)(=O)N(CCCCI)CCCCNC(=O)OC(C)(C)C)cc1. The molecule has 0 aliphatic heterocycles. The molecule has 0 saturated carbocycles. The molecule has 0 spiro atoms. The highest BCUT2D eigenvalue weighted by atomic mass is 127. The molecule has 1 rings (SSSR count). The minimum Gasteiger partial charge on any atom is -0.444 e. The first kappa shape index (κ1) is 25.2. The van der Waals surface area contributed by atoms with Crippen LogP contribution in [0, 0.1) is 6.92 Å². The normalized spacial score (nSPS) is 12.2. The van der Waals surface area contributed by atoms with Crippen molar-refractivity contribution in [1.29, 1.82) is 0 Å². The predicted octanol–water partition coefficient (Wildman–Crippen LogP) is 4.51. The van der Waals surface area contributed by atoms with Crippen LogP contribution in [-0.4, -0.2) is 48.5 Å². The third-order valence-corrected chi connectivity index (χ3v) is 6.63. The fourth-order valence-electron chi connectivity index (χ4n) is 2.51. The van der Waals surface area contributed by atoms with Crippen molar-refractivity contribution in [2.75, 3.05) is 24.1 Å². The monoisotopic (exact) mass is 524 g/mol. The number of carbonyl (C=O) groups is 1. The van der Waals surface area contributed by atoms with Gasteiger partial charge in [-0.3, -0.25) is 0 Å². The number of alkyl halides is 1. The van der Waals surface area contributed by atoms with Crippen molar-refractivity contribution in [2.45, 2.75) is 63.9 Å². The second-order valence-corrected chi connectivity index (χ2v) is 10.8. The van der Waals surface area contributed by atoms with Crippen molar-refractivity contribution in [1.82, 2.24) is 9.62 Å². The zero-order valence-electron chi connectivity index (χ0n) is 17.3. The number of alkyl carbamates (subject to hydrolysis) is 1. The van der Waals surface area contributed by atoms with Crippen LogP contribution in [0.4, 0.5) is 4.79 Å². The molecule has 0 atom stereocenters. The van der Waals surface area contributed by atoms with Crippen LogP contribution in [-0.2, 0) is 14.8 Å². The number of amides is 1. The van der Waals surface area contributed by atoms with Gasteiger partial charge in [-0.15, -0.1) is 0 Å². The molecule has 0 heterocycles. The first-order valence-electron chi connectivity index (χ1n) is 9.66. The molecule has 0 aliphatic carbocycles. The topological polar surface area (TPSA) is 75.7 Å². The molecule has 0 aromatic heterocycles. The minimum atomic E-state index is -3.51. The number of nitrogens with one attached hydrogen (secondary N) is 1. The smallest absolute Gasteiger partial charge is 0.407 e. The number of hydrogen-bond donors (Lipinski definition) is 1. The Morgan fingerprint density at radius 3 is 2.18 bits per heavy atom. The van der Waals surface area contributed by atoms with E-state index >= 15 is 0 Å². The molecule has 6 nitrogen and oxygen atoms in total. The first-order valence-corrected chi connectivity index (χ1v) is 12.6. The Balaban J connectivity index is 2.60. The second-order valence-electron chi connectivity index (χ2n) is 7.75. The Bertz CT molecular complexity index is 700. The number of carbonyl (C=O) groups excluding carboxylic acids is 1. The number of benzene rings is 1. The summed E-state index contributed by atoms with van der Waals surface area (Å²) in [7, 11) is -3.51. The summed E-state index contributed by atoms with van der Waals surface area (Å²) in [5.41, 5.74) is 0.505. The molecule has 0 unspecified atom stereocenters. The summed E-state index contributed by atoms with van der Waals surface area (Å²) < 4.78 is 33.8. The standard InChI is InChI=1S/C20H33IN2O4S/c1-17-9-11-18(12-10-17)28(25,26)23(15-7-5-13-21)16-8-6-14-22-19(24)27-20(2,3)4/h9-12H,5-8,13-16H2,1-4H3,(H,22,24). The maximum Gasteiger partial charge on any atom is 0.407 e. The maximum absolute atomic E-state index is 13.0. The van der Waals surface area contributed by atoms with E-state index in [-0.39, 0.29) is 0 Å². The van der Waals surface area contributed by atoms with Crippen LogP contribution in [0.3, 0.4) is 0 Å². The number of rotatable bonds is 11. The minimum absolute atomic E-state index is 0.333. The van der Waals surface area contributed by atoms with E-state index in [1.165, 1.54) is 0 Å². The zero-order valence-corrected chi connectivity index (χ0v) is 20.3. The Kier molecular flexibility index (Phi) is 10.8. The summed E-state index contributed by atoms with van der Waals surface area (Å²) in [6, 6.07) is 6.97. The van der Waals surface area contributed by atoms with Crippen LogP contribution < -0.4 is 5.32 Å². The number of halogens is 1. The third kappa shape index (κ3) is 9.56. The number of sulfonamides is 1. The molecule has 0 radical (unpaired) electrons. The second kappa shape index (κ2) is 12.0. The van der Waals surface area contributed by atoms with Gasteiger partial charge >= 0.3 is 6.09 Å². The lowest BCUT2D eigenvalue weighted by Gasteiger charge is -2.22. The Hall–Kier alpha value is -0.870. The van der Waals surface area contributed by atoms with Gasteiger partial charge < -0.3 is 10.1 Å². The molecule has 1 aromatic carbocycles. The van der Waals surface area contributed by atoms with Crippen molar-refractivity contribution >= 4 is 38.7 Å². The fraction of sp³-hybridized carbons (Fsp3) is 0.650. The quantitative estimate of drug-likeness (QED) is 0.263. The highest BCUT2D eigenvalue weighted by Gasteiger charge is 2.23. The fourth-order valence-corrected chi connectivity index (χ4v) is 4.57. The molecule has 0 fully saturated rings. The molecule has 8 heteroatoms. The van der Waals surface area contributed by atoms with Crippen LogP contribution in [0.5, 0.6) is 0 Å². The highest BCUT2D eigenvalue weighted by Crippen LogP contribution is 2.18. The Morgan fingerprint density at radius 2 is 1.64 bits per heavy atom. The highest BCUT2D eigenvalue weighted by molar-refractivity contribution is 14.1. The summed E-state index contributed by atoms with van der Waals surface area (Å²) in [5.74, 6) is 0. The van der Waals surface area contributed by atoms with Crippen LogP contribution >= 0.6 is 22.6 Å². The molecule has 1 aromatic rings. The predicted molar refractivity (Wildman–Crippen MR) is 122 cm³/mol. The van der Waals surface area contributed by atoms with E-state index in [1.54, 1.807) is 16.4 Å². The molecule has 160 valence electrons. The molecule has 0 aliphatic rings. The van der Waals surface area contributed by atoms with Gasteiger partial charge in [-0.1, -0.05) is 40.3 Å². The van der Waals surface area contributed by atoms with Crippen molar-refractivity contribution in [3.05, 3.63) is 29.8 Å². The van der Waals surface area contributed by atoms with Crippen molar-refractivity contribution in [3.8, 4) is 0 Å². The number of nitrogens with zero attached hydrogens (tertiary/aromatic N) is 1. The molecular formula is C20H33IN2O4S. The van der Waals surface area contributed by atoms with E-state index in [9.17, 15) is 13.2 Å². The molecule has 0 saturated heterocycles. The first-order chi connectivity index (χ1) is 13.1. The lowest BCUT2D eigenvalue weighted by molar-refractivity contribution is 0.0526.